The van der Waals surface area contributed by atoms with E-state index in [1.807, 2.05) is 42.6 Å². The number of nitrogens with one attached hydrogen (secondary N) is 1. The summed E-state index contributed by atoms with van der Waals surface area (Å²) in [6.45, 7) is 3.22. The van der Waals surface area contributed by atoms with Crippen molar-refractivity contribution >= 4 is 28.0 Å². The molecule has 0 saturated carbocycles. The summed E-state index contributed by atoms with van der Waals surface area (Å²) >= 11 is 1.45. The lowest BCUT2D eigenvalue weighted by Crippen LogP contribution is -2.22. The van der Waals surface area contributed by atoms with Crippen molar-refractivity contribution in [3.05, 3.63) is 64.4 Å². The van der Waals surface area contributed by atoms with Gasteiger partial charge in [0.05, 0.1) is 4.88 Å². The Hall–Kier alpha value is -2.33. The molecule has 0 bridgehead atoms. The van der Waals surface area contributed by atoms with Crippen molar-refractivity contribution in [3.8, 4) is 5.75 Å². The number of hydrogen-bond donors (Lipinski definition) is 1. The zero-order valence-electron chi connectivity index (χ0n) is 13.0. The van der Waals surface area contributed by atoms with E-state index in [2.05, 4.69) is 23.5 Å². The van der Waals surface area contributed by atoms with Crippen LogP contribution in [-0.2, 0) is 6.61 Å². The van der Waals surface area contributed by atoms with Gasteiger partial charge in [-0.2, -0.15) is 0 Å². The number of rotatable bonds is 6. The van der Waals surface area contributed by atoms with Gasteiger partial charge in [-0.05, 0) is 40.8 Å². The molecule has 3 rings (SSSR count). The highest BCUT2D eigenvalue weighted by Gasteiger charge is 2.08. The van der Waals surface area contributed by atoms with Gasteiger partial charge < -0.3 is 10.1 Å². The number of benzene rings is 2. The zero-order chi connectivity index (χ0) is 16.1. The van der Waals surface area contributed by atoms with E-state index < -0.39 is 0 Å². The van der Waals surface area contributed by atoms with Crippen LogP contribution in [0.4, 0.5) is 0 Å². The first-order chi connectivity index (χ1) is 11.3. The maximum Gasteiger partial charge on any atom is 0.261 e. The van der Waals surface area contributed by atoms with Crippen LogP contribution in [0.25, 0.3) is 10.8 Å². The number of fused-ring (bicyclic) bond motifs is 1. The van der Waals surface area contributed by atoms with Crippen LogP contribution in [0.3, 0.4) is 0 Å². The van der Waals surface area contributed by atoms with Crippen molar-refractivity contribution in [1.29, 1.82) is 0 Å². The van der Waals surface area contributed by atoms with Gasteiger partial charge in [0, 0.05) is 12.1 Å². The molecule has 0 aliphatic rings. The van der Waals surface area contributed by atoms with Crippen molar-refractivity contribution in [2.24, 2.45) is 0 Å². The Morgan fingerprint density at radius 2 is 1.96 bits per heavy atom. The fourth-order valence-corrected chi connectivity index (χ4v) is 3.13. The number of carbonyl (C=O) groups excluding carboxylic acids is 1. The molecule has 3 nitrogen and oxygen atoms in total. The number of ether oxygens (including phenoxy) is 1. The van der Waals surface area contributed by atoms with Crippen molar-refractivity contribution in [1.82, 2.24) is 5.32 Å². The molecule has 2 aromatic carbocycles. The summed E-state index contributed by atoms with van der Waals surface area (Å²) in [5.41, 5.74) is 1.02. The highest BCUT2D eigenvalue weighted by Crippen LogP contribution is 2.22. The maximum atomic E-state index is 11.9. The van der Waals surface area contributed by atoms with E-state index in [1.165, 1.54) is 16.7 Å². The van der Waals surface area contributed by atoms with Crippen LogP contribution in [-0.4, -0.2) is 12.5 Å². The average Bonchev–Trinajstić information content (AvgIpc) is 3.07. The molecule has 1 heterocycles. The van der Waals surface area contributed by atoms with Crippen LogP contribution in [0.5, 0.6) is 5.75 Å². The Balaban J connectivity index is 1.63. The standard InChI is InChI=1S/C19H19NO2S/c1-2-9-20-19(21)18-10-14(13-23-18)12-22-17-8-7-15-5-3-4-6-16(15)11-17/h3-8,10-11,13H,2,9,12H2,1H3,(H,20,21). The molecule has 0 atom stereocenters. The quantitative estimate of drug-likeness (QED) is 0.718. The SMILES string of the molecule is CCCNC(=O)c1cc(COc2ccc3ccccc3c2)cs1. The van der Waals surface area contributed by atoms with E-state index in [4.69, 9.17) is 4.74 Å². The van der Waals surface area contributed by atoms with Gasteiger partial charge >= 0.3 is 0 Å². The summed E-state index contributed by atoms with van der Waals surface area (Å²) in [4.78, 5) is 12.6. The Morgan fingerprint density at radius 1 is 1.13 bits per heavy atom. The first-order valence-electron chi connectivity index (χ1n) is 7.73. The maximum absolute atomic E-state index is 11.9. The molecule has 1 aromatic heterocycles. The normalized spacial score (nSPS) is 10.7. The summed E-state index contributed by atoms with van der Waals surface area (Å²) in [5.74, 6) is 0.834. The number of amides is 1. The Labute approximate surface area is 139 Å². The summed E-state index contributed by atoms with van der Waals surface area (Å²) in [6, 6.07) is 16.2. The Morgan fingerprint density at radius 3 is 2.78 bits per heavy atom. The van der Waals surface area contributed by atoms with E-state index in [1.54, 1.807) is 0 Å². The minimum Gasteiger partial charge on any atom is -0.489 e. The van der Waals surface area contributed by atoms with Crippen molar-refractivity contribution in [3.63, 3.8) is 0 Å². The van der Waals surface area contributed by atoms with E-state index in [0.29, 0.717) is 13.2 Å². The molecular weight excluding hydrogens is 306 g/mol. The topological polar surface area (TPSA) is 38.3 Å². The van der Waals surface area contributed by atoms with Gasteiger partial charge in [0.15, 0.2) is 0 Å². The molecule has 0 aliphatic carbocycles. The van der Waals surface area contributed by atoms with Gasteiger partial charge in [-0.25, -0.2) is 0 Å². The summed E-state index contributed by atoms with van der Waals surface area (Å²) in [7, 11) is 0. The van der Waals surface area contributed by atoms with E-state index in [9.17, 15) is 4.79 Å². The molecule has 23 heavy (non-hydrogen) atoms. The highest BCUT2D eigenvalue weighted by molar-refractivity contribution is 7.12. The molecule has 0 unspecified atom stereocenters. The smallest absolute Gasteiger partial charge is 0.261 e. The number of thiophene rings is 1. The summed E-state index contributed by atoms with van der Waals surface area (Å²) in [6.07, 6.45) is 0.940. The van der Waals surface area contributed by atoms with Crippen LogP contribution in [0.1, 0.15) is 28.6 Å². The average molecular weight is 325 g/mol. The zero-order valence-corrected chi connectivity index (χ0v) is 13.9. The van der Waals surface area contributed by atoms with Crippen LogP contribution in [0, 0.1) is 0 Å². The molecule has 4 heteroatoms. The summed E-state index contributed by atoms with van der Waals surface area (Å²) < 4.78 is 5.85. The number of hydrogen-bond acceptors (Lipinski definition) is 3. The van der Waals surface area contributed by atoms with Gasteiger partial charge in [-0.1, -0.05) is 37.3 Å². The molecule has 0 aliphatic heterocycles. The Bertz CT molecular complexity index is 810. The van der Waals surface area contributed by atoms with Crippen molar-refractivity contribution < 1.29 is 9.53 Å². The predicted molar refractivity (Wildman–Crippen MR) is 95.2 cm³/mol. The van der Waals surface area contributed by atoms with Crippen molar-refractivity contribution in [2.45, 2.75) is 20.0 Å². The lowest BCUT2D eigenvalue weighted by atomic mass is 10.1. The largest absolute Gasteiger partial charge is 0.489 e. The molecule has 0 saturated heterocycles. The van der Waals surface area contributed by atoms with Crippen LogP contribution in [0.15, 0.2) is 53.9 Å². The fraction of sp³-hybridized carbons (Fsp3) is 0.211. The first kappa shape index (κ1) is 15.6. The number of carbonyl (C=O) groups is 1. The minimum atomic E-state index is -0.00574. The van der Waals surface area contributed by atoms with E-state index >= 15 is 0 Å². The van der Waals surface area contributed by atoms with E-state index in [0.717, 1.165) is 28.0 Å². The second-order valence-corrected chi connectivity index (χ2v) is 6.28. The molecule has 3 aromatic rings. The molecule has 118 valence electrons. The predicted octanol–water partition coefficient (Wildman–Crippen LogP) is 4.62. The van der Waals surface area contributed by atoms with E-state index in [-0.39, 0.29) is 5.91 Å². The van der Waals surface area contributed by atoms with Gasteiger partial charge in [0.1, 0.15) is 12.4 Å². The van der Waals surface area contributed by atoms with Crippen LogP contribution >= 0.6 is 11.3 Å². The third-order valence-corrected chi connectivity index (χ3v) is 4.52. The monoisotopic (exact) mass is 325 g/mol. The fourth-order valence-electron chi connectivity index (χ4n) is 2.32. The van der Waals surface area contributed by atoms with Gasteiger partial charge in [0.2, 0.25) is 0 Å². The lowest BCUT2D eigenvalue weighted by molar-refractivity contribution is 0.0957. The molecule has 1 N–H and O–H groups in total. The minimum absolute atomic E-state index is 0.00574. The molecule has 0 spiro atoms. The summed E-state index contributed by atoms with van der Waals surface area (Å²) in [5, 5.41) is 7.22. The molecule has 0 fully saturated rings. The third kappa shape index (κ3) is 3.90. The molecule has 0 radical (unpaired) electrons. The highest BCUT2D eigenvalue weighted by atomic mass is 32.1. The lowest BCUT2D eigenvalue weighted by Gasteiger charge is -2.06. The second-order valence-electron chi connectivity index (χ2n) is 5.37. The van der Waals surface area contributed by atoms with Gasteiger partial charge in [0.25, 0.3) is 5.91 Å². The van der Waals surface area contributed by atoms with Gasteiger partial charge in [-0.15, -0.1) is 11.3 Å². The molecular formula is C19H19NO2S. The van der Waals surface area contributed by atoms with Crippen LogP contribution in [0.2, 0.25) is 0 Å². The van der Waals surface area contributed by atoms with Crippen LogP contribution < -0.4 is 10.1 Å². The third-order valence-electron chi connectivity index (χ3n) is 3.54. The Kier molecular flexibility index (Phi) is 4.93. The first-order valence-corrected chi connectivity index (χ1v) is 8.61. The van der Waals surface area contributed by atoms with Crippen molar-refractivity contribution in [2.75, 3.05) is 6.54 Å². The molecule has 1 amide bonds. The second kappa shape index (κ2) is 7.29. The van der Waals surface area contributed by atoms with Gasteiger partial charge in [-0.3, -0.25) is 4.79 Å².